The maximum Gasteiger partial charge on any atom is 0.407 e. The number of alkyl carbamates (subject to hydrolysis) is 1. The molecule has 0 bridgehead atoms. The maximum atomic E-state index is 11.5. The van der Waals surface area contributed by atoms with Crippen LogP contribution in [0.25, 0.3) is 0 Å². The van der Waals surface area contributed by atoms with Crippen molar-refractivity contribution in [3.05, 3.63) is 12.2 Å². The van der Waals surface area contributed by atoms with Crippen LogP contribution in [0.4, 0.5) is 4.79 Å². The Bertz CT molecular complexity index is 271. The Morgan fingerprint density at radius 1 is 1.26 bits per heavy atom. The van der Waals surface area contributed by atoms with Crippen molar-refractivity contribution in [2.45, 2.75) is 38.2 Å². The number of nitrogens with two attached hydrogens (primary N) is 1. The number of nitrogens with one attached hydrogen (secondary N) is 1. The largest absolute Gasteiger partial charge is 0.442 e. The predicted molar refractivity (Wildman–Crippen MR) is 71.5 cm³/mol. The molecule has 0 fully saturated rings. The van der Waals surface area contributed by atoms with Gasteiger partial charge in [-0.1, -0.05) is 12.5 Å². The molecular formula is C13H24N2O4. The third kappa shape index (κ3) is 8.58. The first kappa shape index (κ1) is 15.9. The summed E-state index contributed by atoms with van der Waals surface area (Å²) in [6, 6.07) is 0. The summed E-state index contributed by atoms with van der Waals surface area (Å²) in [4.78, 5) is 15.9. The van der Waals surface area contributed by atoms with E-state index in [2.05, 4.69) is 16.2 Å². The fourth-order valence-corrected chi connectivity index (χ4v) is 1.84. The molecule has 0 aromatic rings. The van der Waals surface area contributed by atoms with Crippen molar-refractivity contribution in [1.29, 1.82) is 0 Å². The van der Waals surface area contributed by atoms with Crippen LogP contribution in [0.5, 0.6) is 0 Å². The van der Waals surface area contributed by atoms with Crippen molar-refractivity contribution in [1.82, 2.24) is 5.32 Å². The number of ether oxygens (including phenoxy) is 2. The lowest BCUT2D eigenvalue weighted by Crippen LogP contribution is -2.31. The lowest BCUT2D eigenvalue weighted by atomic mass is 10.0. The zero-order valence-electron chi connectivity index (χ0n) is 11.3. The minimum absolute atomic E-state index is 0.105. The Kier molecular flexibility index (Phi) is 9.05. The Morgan fingerprint density at radius 2 is 2.16 bits per heavy atom. The number of hydrogen-bond acceptors (Lipinski definition) is 5. The van der Waals surface area contributed by atoms with Gasteiger partial charge in [-0.2, -0.15) is 0 Å². The van der Waals surface area contributed by atoms with Gasteiger partial charge in [-0.25, -0.2) is 10.7 Å². The molecule has 1 unspecified atom stereocenters. The average Bonchev–Trinajstić information content (AvgIpc) is 2.37. The number of amides is 1. The summed E-state index contributed by atoms with van der Waals surface area (Å²) in [5.41, 5.74) is 0. The van der Waals surface area contributed by atoms with Crippen molar-refractivity contribution in [2.24, 2.45) is 5.90 Å². The second kappa shape index (κ2) is 10.8. The second-order valence-corrected chi connectivity index (χ2v) is 4.42. The van der Waals surface area contributed by atoms with Gasteiger partial charge in [0.2, 0.25) is 0 Å². The predicted octanol–water partition coefficient (Wildman–Crippen LogP) is 1.51. The molecule has 6 heteroatoms. The average molecular weight is 272 g/mol. The van der Waals surface area contributed by atoms with Crippen LogP contribution >= 0.6 is 0 Å². The fourth-order valence-electron chi connectivity index (χ4n) is 1.84. The summed E-state index contributed by atoms with van der Waals surface area (Å²) in [6.07, 6.45) is 9.06. The molecule has 0 aromatic carbocycles. The number of allylic oxidation sites excluding steroid dienone is 1. The first-order chi connectivity index (χ1) is 9.33. The van der Waals surface area contributed by atoms with E-state index in [1.54, 1.807) is 0 Å². The lowest BCUT2D eigenvalue weighted by Gasteiger charge is -2.16. The first-order valence-electron chi connectivity index (χ1n) is 6.83. The molecule has 1 aliphatic carbocycles. The normalized spacial score (nSPS) is 21.2. The van der Waals surface area contributed by atoms with Crippen LogP contribution in [0.15, 0.2) is 12.2 Å². The Hall–Kier alpha value is -1.11. The molecule has 0 saturated heterocycles. The van der Waals surface area contributed by atoms with Gasteiger partial charge in [0.15, 0.2) is 0 Å². The quantitative estimate of drug-likeness (QED) is 0.417. The van der Waals surface area contributed by atoms with Crippen molar-refractivity contribution in [3.8, 4) is 0 Å². The summed E-state index contributed by atoms with van der Waals surface area (Å²) in [5, 5.41) is 2.65. The van der Waals surface area contributed by atoms with Gasteiger partial charge < -0.3 is 19.6 Å². The van der Waals surface area contributed by atoms with Gasteiger partial charge in [0.05, 0.1) is 19.8 Å². The lowest BCUT2D eigenvalue weighted by molar-refractivity contribution is 0.0476. The van der Waals surface area contributed by atoms with E-state index in [-0.39, 0.29) is 6.10 Å². The molecule has 1 rings (SSSR count). The van der Waals surface area contributed by atoms with E-state index in [1.807, 2.05) is 6.08 Å². The van der Waals surface area contributed by atoms with Gasteiger partial charge >= 0.3 is 6.09 Å². The van der Waals surface area contributed by atoms with Crippen LogP contribution in [0, 0.1) is 0 Å². The second-order valence-electron chi connectivity index (χ2n) is 4.42. The van der Waals surface area contributed by atoms with Gasteiger partial charge in [-0.05, 0) is 31.8 Å². The van der Waals surface area contributed by atoms with Crippen LogP contribution in [0.3, 0.4) is 0 Å². The molecule has 3 N–H and O–H groups in total. The number of carbonyl (C=O) groups excluding carboxylic acids is 1. The van der Waals surface area contributed by atoms with E-state index >= 15 is 0 Å². The highest BCUT2D eigenvalue weighted by Gasteiger charge is 2.11. The summed E-state index contributed by atoms with van der Waals surface area (Å²) < 4.78 is 10.5. The maximum absolute atomic E-state index is 11.5. The molecule has 0 heterocycles. The van der Waals surface area contributed by atoms with Crippen molar-refractivity contribution < 1.29 is 19.1 Å². The van der Waals surface area contributed by atoms with Gasteiger partial charge in [0.1, 0.15) is 6.10 Å². The topological polar surface area (TPSA) is 82.8 Å². The van der Waals surface area contributed by atoms with E-state index in [9.17, 15) is 4.79 Å². The Balaban J connectivity index is 2.07. The molecule has 110 valence electrons. The van der Waals surface area contributed by atoms with E-state index in [4.69, 9.17) is 15.4 Å². The molecule has 6 nitrogen and oxygen atoms in total. The van der Waals surface area contributed by atoms with E-state index in [0.29, 0.717) is 26.4 Å². The minimum Gasteiger partial charge on any atom is -0.442 e. The van der Waals surface area contributed by atoms with E-state index < -0.39 is 6.09 Å². The number of carbonyl (C=O) groups is 1. The highest BCUT2D eigenvalue weighted by Crippen LogP contribution is 2.14. The molecule has 19 heavy (non-hydrogen) atoms. The highest BCUT2D eigenvalue weighted by atomic mass is 16.6. The molecular weight excluding hydrogens is 248 g/mol. The van der Waals surface area contributed by atoms with Gasteiger partial charge in [-0.3, -0.25) is 0 Å². The summed E-state index contributed by atoms with van der Waals surface area (Å²) in [5.74, 6) is 4.84. The third-order valence-corrected chi connectivity index (χ3v) is 2.83. The molecule has 1 atom stereocenters. The summed E-state index contributed by atoms with van der Waals surface area (Å²) in [7, 11) is 0. The molecule has 0 saturated carbocycles. The minimum atomic E-state index is -0.395. The molecule has 0 aliphatic heterocycles. The molecule has 0 spiro atoms. The molecule has 0 radical (unpaired) electrons. The van der Waals surface area contributed by atoms with Crippen LogP contribution in [0.2, 0.25) is 0 Å². The van der Waals surface area contributed by atoms with E-state index in [1.165, 1.54) is 12.8 Å². The fraction of sp³-hybridized carbons (Fsp3) is 0.769. The molecule has 0 aromatic heterocycles. The molecule has 1 amide bonds. The monoisotopic (exact) mass is 272 g/mol. The Morgan fingerprint density at radius 3 is 3.00 bits per heavy atom. The smallest absolute Gasteiger partial charge is 0.407 e. The van der Waals surface area contributed by atoms with Crippen molar-refractivity contribution in [2.75, 3.05) is 26.4 Å². The van der Waals surface area contributed by atoms with Gasteiger partial charge in [0, 0.05) is 6.54 Å². The number of hydrogen-bond donors (Lipinski definition) is 2. The van der Waals surface area contributed by atoms with Gasteiger partial charge in [-0.15, -0.1) is 0 Å². The number of rotatable bonds is 7. The zero-order chi connectivity index (χ0) is 13.8. The summed E-state index contributed by atoms with van der Waals surface area (Å²) >= 11 is 0. The zero-order valence-corrected chi connectivity index (χ0v) is 11.3. The van der Waals surface area contributed by atoms with Crippen LogP contribution < -0.4 is 11.2 Å². The van der Waals surface area contributed by atoms with Gasteiger partial charge in [0.25, 0.3) is 0 Å². The van der Waals surface area contributed by atoms with Crippen molar-refractivity contribution >= 4 is 6.09 Å². The van der Waals surface area contributed by atoms with Crippen LogP contribution in [-0.4, -0.2) is 38.6 Å². The standard InChI is InChI=1S/C13H24N2O4/c14-18-11-10-17-9-8-15-13(16)19-12-6-4-2-1-3-5-7-12/h4,6,12H,1-3,5,7-11,14H2,(H,15,16)/b6-4+. The summed E-state index contributed by atoms with van der Waals surface area (Å²) in [6.45, 7) is 1.59. The third-order valence-electron chi connectivity index (χ3n) is 2.83. The highest BCUT2D eigenvalue weighted by molar-refractivity contribution is 5.67. The Labute approximate surface area is 114 Å². The first-order valence-corrected chi connectivity index (χ1v) is 6.83. The van der Waals surface area contributed by atoms with E-state index in [0.717, 1.165) is 19.3 Å². The molecule has 1 aliphatic rings. The van der Waals surface area contributed by atoms with Crippen LogP contribution in [-0.2, 0) is 14.3 Å². The van der Waals surface area contributed by atoms with Crippen molar-refractivity contribution in [3.63, 3.8) is 0 Å². The van der Waals surface area contributed by atoms with Crippen LogP contribution in [0.1, 0.15) is 32.1 Å². The SMILES string of the molecule is NOCCOCCNC(=O)OC1/C=C/CCCCC1.